The third-order valence-corrected chi connectivity index (χ3v) is 2.91. The molecule has 0 bridgehead atoms. The van der Waals surface area contributed by atoms with E-state index in [-0.39, 0.29) is 5.75 Å². The summed E-state index contributed by atoms with van der Waals surface area (Å²) >= 11 is 0. The largest absolute Gasteiger partial charge is 0.462 e. The summed E-state index contributed by atoms with van der Waals surface area (Å²) < 4.78 is 23.1. The van der Waals surface area contributed by atoms with Crippen LogP contribution in [-0.2, 0) is 4.74 Å². The minimum Gasteiger partial charge on any atom is -0.462 e. The molecule has 1 heterocycles. The maximum absolute atomic E-state index is 12.7. The molecule has 1 aliphatic heterocycles. The average molecular weight is 274 g/mol. The molecule has 0 amide bonds. The van der Waals surface area contributed by atoms with Gasteiger partial charge in [0.1, 0.15) is 36.0 Å². The van der Waals surface area contributed by atoms with Crippen molar-refractivity contribution in [1.82, 2.24) is 0 Å². The second-order valence-electron chi connectivity index (χ2n) is 4.27. The second kappa shape index (κ2) is 5.81. The Morgan fingerprint density at radius 3 is 2.26 bits per heavy atom. The molecular formula is C12H15FO6. The molecule has 4 N–H and O–H groups in total. The van der Waals surface area contributed by atoms with Crippen molar-refractivity contribution in [2.75, 3.05) is 6.61 Å². The van der Waals surface area contributed by atoms with Crippen molar-refractivity contribution in [3.8, 4) is 5.75 Å². The highest BCUT2D eigenvalue weighted by atomic mass is 19.1. The van der Waals surface area contributed by atoms with Crippen LogP contribution in [0.15, 0.2) is 24.3 Å². The summed E-state index contributed by atoms with van der Waals surface area (Å²) in [7, 11) is 0. The molecule has 2 unspecified atom stereocenters. The van der Waals surface area contributed by atoms with E-state index in [1.165, 1.54) is 24.3 Å². The van der Waals surface area contributed by atoms with E-state index in [4.69, 9.17) is 14.6 Å². The number of aliphatic hydroxyl groups excluding tert-OH is 4. The lowest BCUT2D eigenvalue weighted by molar-refractivity contribution is -0.277. The summed E-state index contributed by atoms with van der Waals surface area (Å²) in [5, 5.41) is 37.9. The predicted octanol–water partition coefficient (Wildman–Crippen LogP) is -0.996. The zero-order valence-electron chi connectivity index (χ0n) is 9.89. The molecule has 2 rings (SSSR count). The van der Waals surface area contributed by atoms with Gasteiger partial charge in [-0.1, -0.05) is 0 Å². The highest BCUT2D eigenvalue weighted by molar-refractivity contribution is 5.22. The molecule has 6 nitrogen and oxygen atoms in total. The van der Waals surface area contributed by atoms with E-state index >= 15 is 0 Å². The van der Waals surface area contributed by atoms with Crippen LogP contribution in [0.4, 0.5) is 4.39 Å². The Morgan fingerprint density at radius 2 is 1.68 bits per heavy atom. The zero-order valence-corrected chi connectivity index (χ0v) is 9.89. The van der Waals surface area contributed by atoms with Crippen LogP contribution in [-0.4, -0.2) is 57.7 Å². The summed E-state index contributed by atoms with van der Waals surface area (Å²) in [5.41, 5.74) is 0. The number of hydrogen-bond donors (Lipinski definition) is 4. The highest BCUT2D eigenvalue weighted by Crippen LogP contribution is 2.24. The van der Waals surface area contributed by atoms with E-state index in [1.54, 1.807) is 0 Å². The van der Waals surface area contributed by atoms with Gasteiger partial charge in [0.15, 0.2) is 0 Å². The Bertz CT molecular complexity index is 409. The molecule has 5 atom stereocenters. The van der Waals surface area contributed by atoms with Crippen LogP contribution in [0.25, 0.3) is 0 Å². The minimum atomic E-state index is -1.50. The number of halogens is 1. The Morgan fingerprint density at radius 1 is 1.05 bits per heavy atom. The van der Waals surface area contributed by atoms with Gasteiger partial charge < -0.3 is 29.9 Å². The average Bonchev–Trinajstić information content (AvgIpc) is 2.42. The Kier molecular flexibility index (Phi) is 4.33. The molecule has 1 aromatic rings. The highest BCUT2D eigenvalue weighted by Gasteiger charge is 2.44. The van der Waals surface area contributed by atoms with Crippen molar-refractivity contribution < 1.29 is 34.3 Å². The van der Waals surface area contributed by atoms with Crippen molar-refractivity contribution in [2.24, 2.45) is 0 Å². The molecule has 0 aliphatic carbocycles. The van der Waals surface area contributed by atoms with Crippen molar-refractivity contribution in [3.05, 3.63) is 30.1 Å². The Labute approximate surface area is 108 Å². The molecule has 1 aromatic carbocycles. The summed E-state index contributed by atoms with van der Waals surface area (Å²) in [5.74, 6) is -0.216. The number of aliphatic hydroxyl groups is 4. The quantitative estimate of drug-likeness (QED) is 0.564. The molecule has 7 heteroatoms. The molecular weight excluding hydrogens is 259 g/mol. The van der Waals surface area contributed by atoms with Gasteiger partial charge in [0.2, 0.25) is 6.29 Å². The van der Waals surface area contributed by atoms with E-state index in [2.05, 4.69) is 0 Å². The lowest BCUT2D eigenvalue weighted by atomic mass is 9.99. The zero-order chi connectivity index (χ0) is 14.0. The first-order valence-electron chi connectivity index (χ1n) is 5.75. The molecule has 0 aromatic heterocycles. The Hall–Kier alpha value is -1.25. The van der Waals surface area contributed by atoms with Crippen molar-refractivity contribution in [3.63, 3.8) is 0 Å². The first kappa shape index (κ1) is 14.2. The fraction of sp³-hybridized carbons (Fsp3) is 0.500. The minimum absolute atomic E-state index is 0.228. The molecule has 106 valence electrons. The number of benzene rings is 1. The third-order valence-electron chi connectivity index (χ3n) is 2.91. The van der Waals surface area contributed by atoms with Crippen molar-refractivity contribution in [2.45, 2.75) is 30.7 Å². The molecule has 1 saturated heterocycles. The van der Waals surface area contributed by atoms with E-state index in [9.17, 15) is 19.7 Å². The molecule has 1 aliphatic rings. The predicted molar refractivity (Wildman–Crippen MR) is 60.8 cm³/mol. The van der Waals surface area contributed by atoms with E-state index < -0.39 is 43.1 Å². The van der Waals surface area contributed by atoms with Crippen LogP contribution in [0.3, 0.4) is 0 Å². The lowest BCUT2D eigenvalue weighted by Crippen LogP contribution is -2.60. The van der Waals surface area contributed by atoms with Gasteiger partial charge in [0.25, 0.3) is 0 Å². The van der Waals surface area contributed by atoms with Crippen molar-refractivity contribution >= 4 is 0 Å². The van der Waals surface area contributed by atoms with Crippen LogP contribution in [0.2, 0.25) is 0 Å². The first-order chi connectivity index (χ1) is 9.02. The van der Waals surface area contributed by atoms with Crippen LogP contribution < -0.4 is 4.74 Å². The van der Waals surface area contributed by atoms with Crippen LogP contribution in [0.5, 0.6) is 5.75 Å². The maximum atomic E-state index is 12.7. The van der Waals surface area contributed by atoms with Gasteiger partial charge in [-0.05, 0) is 24.3 Å². The monoisotopic (exact) mass is 274 g/mol. The van der Waals surface area contributed by atoms with Crippen LogP contribution in [0, 0.1) is 5.82 Å². The normalized spacial score (nSPS) is 35.1. The second-order valence-corrected chi connectivity index (χ2v) is 4.27. The summed E-state index contributed by atoms with van der Waals surface area (Å²) in [6, 6.07) is 4.99. The molecule has 0 saturated carbocycles. The molecule has 1 fully saturated rings. The smallest absolute Gasteiger partial charge is 0.229 e. The van der Waals surface area contributed by atoms with Crippen LogP contribution >= 0.6 is 0 Å². The molecule has 0 spiro atoms. The van der Waals surface area contributed by atoms with Gasteiger partial charge in [0.05, 0.1) is 6.61 Å². The summed E-state index contributed by atoms with van der Waals surface area (Å²) in [4.78, 5) is 0. The lowest BCUT2D eigenvalue weighted by Gasteiger charge is -2.39. The van der Waals surface area contributed by atoms with Gasteiger partial charge in [-0.3, -0.25) is 0 Å². The maximum Gasteiger partial charge on any atom is 0.229 e. The van der Waals surface area contributed by atoms with Gasteiger partial charge in [-0.2, -0.15) is 0 Å². The number of rotatable bonds is 3. The van der Waals surface area contributed by atoms with Gasteiger partial charge in [-0.25, -0.2) is 4.39 Å². The SMILES string of the molecule is OCC1O[C@@H](Oc2ccc(F)cc2)C(O)[C@@H](O)[C@@H]1O. The Balaban J connectivity index is 2.08. The fourth-order valence-corrected chi connectivity index (χ4v) is 1.81. The third kappa shape index (κ3) is 3.02. The van der Waals surface area contributed by atoms with E-state index in [0.717, 1.165) is 0 Å². The van der Waals surface area contributed by atoms with Crippen LogP contribution in [0.1, 0.15) is 0 Å². The first-order valence-corrected chi connectivity index (χ1v) is 5.75. The fourth-order valence-electron chi connectivity index (χ4n) is 1.81. The number of hydrogen-bond acceptors (Lipinski definition) is 6. The topological polar surface area (TPSA) is 99.4 Å². The summed E-state index contributed by atoms with van der Waals surface area (Å²) in [6.45, 7) is -0.534. The summed E-state index contributed by atoms with van der Waals surface area (Å²) in [6.07, 6.45) is -6.72. The number of ether oxygens (including phenoxy) is 2. The van der Waals surface area contributed by atoms with Gasteiger partial charge >= 0.3 is 0 Å². The molecule has 0 radical (unpaired) electrons. The molecule has 19 heavy (non-hydrogen) atoms. The van der Waals surface area contributed by atoms with E-state index in [0.29, 0.717) is 0 Å². The van der Waals surface area contributed by atoms with Crippen molar-refractivity contribution in [1.29, 1.82) is 0 Å². The van der Waals surface area contributed by atoms with Gasteiger partial charge in [0, 0.05) is 0 Å². The van der Waals surface area contributed by atoms with Gasteiger partial charge in [-0.15, -0.1) is 0 Å². The standard InChI is InChI=1S/C12H15FO6/c13-6-1-3-7(4-2-6)18-12-11(17)10(16)9(15)8(5-14)19-12/h1-4,8-12,14-17H,5H2/t8?,9-,10+,11?,12-/m1/s1. The van der Waals surface area contributed by atoms with E-state index in [1.807, 2.05) is 0 Å².